The van der Waals surface area contributed by atoms with E-state index in [9.17, 15) is 4.39 Å². The lowest BCUT2D eigenvalue weighted by Crippen LogP contribution is -2.20. The summed E-state index contributed by atoms with van der Waals surface area (Å²) in [5, 5.41) is 2.79. The highest BCUT2D eigenvalue weighted by molar-refractivity contribution is 5.43. The minimum atomic E-state index is -0.450. The van der Waals surface area contributed by atoms with Crippen LogP contribution in [0.4, 0.5) is 16.2 Å². The van der Waals surface area contributed by atoms with Crippen LogP contribution in [-0.4, -0.2) is 29.0 Å². The highest BCUT2D eigenvalue weighted by atomic mass is 19.1. The molecule has 19 heavy (non-hydrogen) atoms. The summed E-state index contributed by atoms with van der Waals surface area (Å²) in [5.74, 6) is 0.192. The van der Waals surface area contributed by atoms with Crippen molar-refractivity contribution in [3.05, 3.63) is 41.6 Å². The summed E-state index contributed by atoms with van der Waals surface area (Å²) < 4.78 is 13.7. The standard InChI is InChI=1S/C13H16FN5/c1-9-5-4-6-10(17-9)8-19(3)12-11(14)7-16-13(15-2)18-12/h4-7H,8H2,1-3H3,(H,15,16,18). The molecule has 0 aromatic carbocycles. The summed E-state index contributed by atoms with van der Waals surface area (Å²) in [7, 11) is 3.47. The molecule has 0 aliphatic rings. The molecule has 1 N–H and O–H groups in total. The second-order valence-electron chi connectivity index (χ2n) is 4.24. The molecule has 0 unspecified atom stereocenters. The molecule has 0 saturated heterocycles. The summed E-state index contributed by atoms with van der Waals surface area (Å²) in [6.07, 6.45) is 1.16. The Kier molecular flexibility index (Phi) is 3.89. The lowest BCUT2D eigenvalue weighted by Gasteiger charge is -2.18. The number of anilines is 2. The van der Waals surface area contributed by atoms with E-state index >= 15 is 0 Å². The van der Waals surface area contributed by atoms with Gasteiger partial charge < -0.3 is 10.2 Å². The number of halogens is 1. The van der Waals surface area contributed by atoms with Gasteiger partial charge in [-0.2, -0.15) is 4.98 Å². The van der Waals surface area contributed by atoms with Crippen LogP contribution in [0.1, 0.15) is 11.4 Å². The number of aromatic nitrogens is 3. The van der Waals surface area contributed by atoms with Crippen LogP contribution in [0, 0.1) is 12.7 Å². The molecule has 0 atom stereocenters. The topological polar surface area (TPSA) is 53.9 Å². The maximum Gasteiger partial charge on any atom is 0.224 e. The SMILES string of the molecule is CNc1ncc(F)c(N(C)Cc2cccc(C)n2)n1. The zero-order chi connectivity index (χ0) is 13.8. The van der Waals surface area contributed by atoms with Crippen molar-refractivity contribution >= 4 is 11.8 Å². The van der Waals surface area contributed by atoms with E-state index in [1.165, 1.54) is 0 Å². The molecule has 5 nitrogen and oxygen atoms in total. The first-order valence-corrected chi connectivity index (χ1v) is 5.94. The summed E-state index contributed by atoms with van der Waals surface area (Å²) in [6, 6.07) is 5.76. The highest BCUT2D eigenvalue weighted by Crippen LogP contribution is 2.17. The third kappa shape index (κ3) is 3.15. The zero-order valence-corrected chi connectivity index (χ0v) is 11.2. The van der Waals surface area contributed by atoms with Gasteiger partial charge in [-0.05, 0) is 19.1 Å². The highest BCUT2D eigenvalue weighted by Gasteiger charge is 2.12. The second kappa shape index (κ2) is 5.60. The van der Waals surface area contributed by atoms with Gasteiger partial charge >= 0.3 is 0 Å². The molecular formula is C13H16FN5. The predicted octanol–water partition coefficient (Wildman–Crippen LogP) is 2.00. The fraction of sp³-hybridized carbons (Fsp3) is 0.308. The summed E-state index contributed by atoms with van der Waals surface area (Å²) in [6.45, 7) is 2.41. The third-order valence-electron chi connectivity index (χ3n) is 2.66. The Balaban J connectivity index is 2.22. The van der Waals surface area contributed by atoms with Crippen LogP contribution in [0.3, 0.4) is 0 Å². The van der Waals surface area contributed by atoms with E-state index in [0.29, 0.717) is 12.5 Å². The van der Waals surface area contributed by atoms with Crippen molar-refractivity contribution in [1.82, 2.24) is 15.0 Å². The van der Waals surface area contributed by atoms with Gasteiger partial charge in [0, 0.05) is 19.8 Å². The van der Waals surface area contributed by atoms with E-state index in [0.717, 1.165) is 17.6 Å². The van der Waals surface area contributed by atoms with Gasteiger partial charge in [0.15, 0.2) is 11.6 Å². The van der Waals surface area contributed by atoms with Gasteiger partial charge in [-0.15, -0.1) is 0 Å². The maximum absolute atomic E-state index is 13.7. The molecule has 2 heterocycles. The largest absolute Gasteiger partial charge is 0.357 e. The first-order valence-electron chi connectivity index (χ1n) is 5.94. The molecule has 2 aromatic heterocycles. The van der Waals surface area contributed by atoms with Crippen LogP contribution in [0.15, 0.2) is 24.4 Å². The average molecular weight is 261 g/mol. The van der Waals surface area contributed by atoms with Crippen LogP contribution >= 0.6 is 0 Å². The molecular weight excluding hydrogens is 245 g/mol. The van der Waals surface area contributed by atoms with E-state index in [1.807, 2.05) is 25.1 Å². The first-order chi connectivity index (χ1) is 9.10. The van der Waals surface area contributed by atoms with E-state index in [-0.39, 0.29) is 5.82 Å². The normalized spacial score (nSPS) is 10.3. The zero-order valence-electron chi connectivity index (χ0n) is 11.2. The molecule has 2 aromatic rings. The van der Waals surface area contributed by atoms with Crippen molar-refractivity contribution in [2.75, 3.05) is 24.3 Å². The Hall–Kier alpha value is -2.24. The number of nitrogens with zero attached hydrogens (tertiary/aromatic N) is 4. The summed E-state index contributed by atoms with van der Waals surface area (Å²) in [4.78, 5) is 14.0. The maximum atomic E-state index is 13.7. The molecule has 0 bridgehead atoms. The molecule has 0 aliphatic heterocycles. The fourth-order valence-corrected chi connectivity index (χ4v) is 1.75. The summed E-state index contributed by atoms with van der Waals surface area (Å²) >= 11 is 0. The van der Waals surface area contributed by atoms with Gasteiger partial charge in [0.05, 0.1) is 18.4 Å². The Morgan fingerprint density at radius 2 is 2.11 bits per heavy atom. The molecule has 6 heteroatoms. The predicted molar refractivity (Wildman–Crippen MR) is 72.6 cm³/mol. The number of pyridine rings is 1. The lowest BCUT2D eigenvalue weighted by atomic mass is 10.3. The minimum absolute atomic E-state index is 0.252. The van der Waals surface area contributed by atoms with Crippen molar-refractivity contribution < 1.29 is 4.39 Å². The molecule has 0 aliphatic carbocycles. The summed E-state index contributed by atoms with van der Waals surface area (Å²) in [5.41, 5.74) is 1.80. The Morgan fingerprint density at radius 1 is 1.32 bits per heavy atom. The van der Waals surface area contributed by atoms with Gasteiger partial charge in [0.2, 0.25) is 5.95 Å². The molecule has 0 amide bonds. The fourth-order valence-electron chi connectivity index (χ4n) is 1.75. The molecule has 100 valence electrons. The Morgan fingerprint density at radius 3 is 2.79 bits per heavy atom. The van der Waals surface area contributed by atoms with E-state index in [4.69, 9.17) is 0 Å². The quantitative estimate of drug-likeness (QED) is 0.912. The average Bonchev–Trinajstić information content (AvgIpc) is 2.39. The second-order valence-corrected chi connectivity index (χ2v) is 4.24. The van der Waals surface area contributed by atoms with Crippen LogP contribution in [0.25, 0.3) is 0 Å². The molecule has 0 fully saturated rings. The number of nitrogens with one attached hydrogen (secondary N) is 1. The number of hydrogen-bond acceptors (Lipinski definition) is 5. The van der Waals surface area contributed by atoms with Crippen LogP contribution in [-0.2, 0) is 6.54 Å². The van der Waals surface area contributed by atoms with Crippen LogP contribution in [0.2, 0.25) is 0 Å². The smallest absolute Gasteiger partial charge is 0.224 e. The van der Waals surface area contributed by atoms with Crippen molar-refractivity contribution in [2.45, 2.75) is 13.5 Å². The minimum Gasteiger partial charge on any atom is -0.357 e. The van der Waals surface area contributed by atoms with E-state index in [2.05, 4.69) is 20.3 Å². The van der Waals surface area contributed by atoms with Crippen molar-refractivity contribution in [3.63, 3.8) is 0 Å². The van der Waals surface area contributed by atoms with Gasteiger partial charge in [0.1, 0.15) is 0 Å². The Labute approximate surface area is 111 Å². The van der Waals surface area contributed by atoms with Gasteiger partial charge in [-0.3, -0.25) is 4.98 Å². The van der Waals surface area contributed by atoms with Crippen LogP contribution < -0.4 is 10.2 Å². The van der Waals surface area contributed by atoms with Gasteiger partial charge in [0.25, 0.3) is 0 Å². The van der Waals surface area contributed by atoms with Gasteiger partial charge in [-0.1, -0.05) is 6.07 Å². The lowest BCUT2D eigenvalue weighted by molar-refractivity contribution is 0.607. The molecule has 2 rings (SSSR count). The molecule has 0 radical (unpaired) electrons. The molecule has 0 spiro atoms. The number of hydrogen-bond donors (Lipinski definition) is 1. The molecule has 0 saturated carbocycles. The Bertz CT molecular complexity index is 573. The van der Waals surface area contributed by atoms with Crippen molar-refractivity contribution in [2.24, 2.45) is 0 Å². The van der Waals surface area contributed by atoms with Crippen LogP contribution in [0.5, 0.6) is 0 Å². The van der Waals surface area contributed by atoms with Crippen molar-refractivity contribution in [3.8, 4) is 0 Å². The first kappa shape index (κ1) is 13.2. The third-order valence-corrected chi connectivity index (χ3v) is 2.66. The van der Waals surface area contributed by atoms with E-state index < -0.39 is 5.82 Å². The number of aryl methyl sites for hydroxylation is 1. The number of rotatable bonds is 4. The van der Waals surface area contributed by atoms with E-state index in [1.54, 1.807) is 19.0 Å². The van der Waals surface area contributed by atoms with Gasteiger partial charge in [-0.25, -0.2) is 9.37 Å². The van der Waals surface area contributed by atoms with Crippen molar-refractivity contribution in [1.29, 1.82) is 0 Å². The monoisotopic (exact) mass is 261 g/mol.